The first kappa shape index (κ1) is 37.7. The van der Waals surface area contributed by atoms with Gasteiger partial charge in [0.25, 0.3) is 0 Å². The SMILES string of the molecule is CC(C)(C)c1cc2ccc3ccc(-c4ccc5oc6ccc(-c7ccc8oc9ccc(-c%10ccc%11ccc%12cc(C(C)(C)C)cc%13ccc%10c%11c%12%13)cc9c8c7)cc6c5c4)c4ccc(c1)c2c34. The van der Waals surface area contributed by atoms with Crippen molar-refractivity contribution in [1.29, 1.82) is 0 Å². The molecule has 0 aliphatic rings. The summed E-state index contributed by atoms with van der Waals surface area (Å²) < 4.78 is 13.0. The molecule has 0 unspecified atom stereocenters. The lowest BCUT2D eigenvalue weighted by molar-refractivity contribution is 0.591. The first-order valence-electron chi connectivity index (χ1n) is 23.3. The van der Waals surface area contributed by atoms with E-state index in [-0.39, 0.29) is 10.8 Å². The van der Waals surface area contributed by atoms with Gasteiger partial charge in [-0.2, -0.15) is 0 Å². The summed E-state index contributed by atoms with van der Waals surface area (Å²) in [6.45, 7) is 13.8. The Labute approximate surface area is 382 Å². The summed E-state index contributed by atoms with van der Waals surface area (Å²) >= 11 is 0. The van der Waals surface area contributed by atoms with Gasteiger partial charge in [-0.15, -0.1) is 0 Å². The fourth-order valence-electron chi connectivity index (χ4n) is 11.3. The van der Waals surface area contributed by atoms with E-state index in [0.29, 0.717) is 0 Å². The number of hydrogen-bond acceptors (Lipinski definition) is 2. The van der Waals surface area contributed by atoms with E-state index in [4.69, 9.17) is 8.83 Å². The van der Waals surface area contributed by atoms with Gasteiger partial charge in [0.15, 0.2) is 0 Å². The Bertz CT molecular complexity index is 4030. The number of furan rings is 2. The topological polar surface area (TPSA) is 26.3 Å². The van der Waals surface area contributed by atoms with E-state index in [1.807, 2.05) is 0 Å². The molecule has 12 aromatic carbocycles. The minimum atomic E-state index is 0.0779. The van der Waals surface area contributed by atoms with Gasteiger partial charge in [-0.25, -0.2) is 0 Å². The van der Waals surface area contributed by atoms with E-state index in [9.17, 15) is 0 Å². The molecule has 0 bridgehead atoms. The fourth-order valence-corrected chi connectivity index (χ4v) is 11.3. The van der Waals surface area contributed by atoms with Crippen molar-refractivity contribution in [3.8, 4) is 33.4 Å². The standard InChI is InChI=1S/C64H46O2/c1-63(2,3)45-27-41-9-7-35-11-19-47(49-21-13-43(29-45)59(41)61(35)49)39-17-25-57-53(33-39)51-31-37(15-23-55(51)65-57)38-16-24-56-52(32-38)54-34-40(18-26-58(54)66-56)48-20-12-36-8-10-42-28-46(64(4,5)6)30-44-14-22-50(48)62(36)60(42)44/h7-34H,1-6H3. The molecule has 0 amide bonds. The van der Waals surface area contributed by atoms with Gasteiger partial charge in [0, 0.05) is 21.5 Å². The van der Waals surface area contributed by atoms with Crippen molar-refractivity contribution in [2.24, 2.45) is 0 Å². The van der Waals surface area contributed by atoms with Gasteiger partial charge in [-0.3, -0.25) is 0 Å². The Morgan fingerprint density at radius 3 is 0.924 bits per heavy atom. The highest BCUT2D eigenvalue weighted by Crippen LogP contribution is 2.45. The molecule has 66 heavy (non-hydrogen) atoms. The molecule has 2 aromatic heterocycles. The lowest BCUT2D eigenvalue weighted by Gasteiger charge is -2.22. The lowest BCUT2D eigenvalue weighted by atomic mass is 9.82. The molecular formula is C64H46O2. The second-order valence-corrected chi connectivity index (χ2v) is 20.9. The van der Waals surface area contributed by atoms with E-state index in [0.717, 1.165) is 55.0 Å². The molecule has 14 rings (SSSR count). The zero-order chi connectivity index (χ0) is 44.4. The number of hydrogen-bond donors (Lipinski definition) is 0. The van der Waals surface area contributed by atoms with Gasteiger partial charge in [-0.1, -0.05) is 163 Å². The summed E-state index contributed by atoms with van der Waals surface area (Å²) in [5, 5.41) is 20.1. The van der Waals surface area contributed by atoms with Crippen LogP contribution in [-0.2, 0) is 10.8 Å². The van der Waals surface area contributed by atoms with Crippen molar-refractivity contribution in [2.45, 2.75) is 52.4 Å². The van der Waals surface area contributed by atoms with E-state index < -0.39 is 0 Å². The molecule has 2 heteroatoms. The van der Waals surface area contributed by atoms with Crippen LogP contribution in [0.4, 0.5) is 0 Å². The predicted octanol–water partition coefficient (Wildman–Crippen LogP) is 18.9. The first-order valence-corrected chi connectivity index (χ1v) is 23.3. The third-order valence-corrected chi connectivity index (χ3v) is 14.8. The summed E-state index contributed by atoms with van der Waals surface area (Å²) in [5.74, 6) is 0. The molecule has 0 N–H and O–H groups in total. The third kappa shape index (κ3) is 5.42. The molecule has 0 fully saturated rings. The minimum Gasteiger partial charge on any atom is -0.456 e. The molecule has 314 valence electrons. The maximum absolute atomic E-state index is 6.49. The molecule has 0 spiro atoms. The van der Waals surface area contributed by atoms with Crippen molar-refractivity contribution < 1.29 is 8.83 Å². The quantitative estimate of drug-likeness (QED) is 0.166. The van der Waals surface area contributed by atoms with Crippen molar-refractivity contribution in [2.75, 3.05) is 0 Å². The van der Waals surface area contributed by atoms with Crippen LogP contribution in [-0.4, -0.2) is 0 Å². The molecule has 14 aromatic rings. The van der Waals surface area contributed by atoms with Crippen LogP contribution in [0, 0.1) is 0 Å². The zero-order valence-corrected chi connectivity index (χ0v) is 38.0. The van der Waals surface area contributed by atoms with E-state index >= 15 is 0 Å². The Morgan fingerprint density at radius 2 is 0.561 bits per heavy atom. The van der Waals surface area contributed by atoms with Crippen LogP contribution in [0.3, 0.4) is 0 Å². The number of benzene rings is 12. The highest BCUT2D eigenvalue weighted by atomic mass is 16.3. The van der Waals surface area contributed by atoms with Crippen LogP contribution < -0.4 is 0 Å². The van der Waals surface area contributed by atoms with Gasteiger partial charge in [0.05, 0.1) is 0 Å². The van der Waals surface area contributed by atoms with E-state index in [1.54, 1.807) is 0 Å². The second-order valence-electron chi connectivity index (χ2n) is 20.9. The maximum atomic E-state index is 6.49. The molecule has 0 aliphatic carbocycles. The number of fused-ring (bicyclic) bond motifs is 6. The summed E-state index contributed by atoms with van der Waals surface area (Å²) in [4.78, 5) is 0. The van der Waals surface area contributed by atoms with Gasteiger partial charge in [0.1, 0.15) is 22.3 Å². The minimum absolute atomic E-state index is 0.0779. The van der Waals surface area contributed by atoms with Crippen LogP contribution >= 0.6 is 0 Å². The molecule has 0 saturated carbocycles. The molecule has 0 saturated heterocycles. The Morgan fingerprint density at radius 1 is 0.258 bits per heavy atom. The highest BCUT2D eigenvalue weighted by Gasteiger charge is 2.21. The molecule has 2 nitrogen and oxygen atoms in total. The third-order valence-electron chi connectivity index (χ3n) is 14.8. The van der Waals surface area contributed by atoms with Gasteiger partial charge in [0.2, 0.25) is 0 Å². The average molecular weight is 847 g/mol. The first-order chi connectivity index (χ1) is 31.9. The summed E-state index contributed by atoms with van der Waals surface area (Å²) in [6.07, 6.45) is 0. The molecular weight excluding hydrogens is 801 g/mol. The van der Waals surface area contributed by atoms with Gasteiger partial charge < -0.3 is 8.83 Å². The van der Waals surface area contributed by atoms with Crippen LogP contribution in [0.25, 0.3) is 142 Å². The summed E-state index contributed by atoms with van der Waals surface area (Å²) in [7, 11) is 0. The van der Waals surface area contributed by atoms with Crippen molar-refractivity contribution in [3.05, 3.63) is 181 Å². The second kappa shape index (κ2) is 13.0. The molecule has 0 radical (unpaired) electrons. The average Bonchev–Trinajstić information content (AvgIpc) is 3.88. The van der Waals surface area contributed by atoms with E-state index in [1.165, 1.54) is 98.0 Å². The molecule has 0 aliphatic heterocycles. The molecule has 2 heterocycles. The van der Waals surface area contributed by atoms with Crippen LogP contribution in [0.1, 0.15) is 52.7 Å². The van der Waals surface area contributed by atoms with Crippen LogP contribution in [0.15, 0.2) is 179 Å². The van der Waals surface area contributed by atoms with Gasteiger partial charge >= 0.3 is 0 Å². The fraction of sp³-hybridized carbons (Fsp3) is 0.125. The highest BCUT2D eigenvalue weighted by molar-refractivity contribution is 6.27. The predicted molar refractivity (Wildman–Crippen MR) is 282 cm³/mol. The smallest absolute Gasteiger partial charge is 0.135 e. The summed E-state index contributed by atoms with van der Waals surface area (Å²) in [6, 6.07) is 63.7. The Kier molecular flexibility index (Phi) is 7.41. The Balaban J connectivity index is 0.871. The summed E-state index contributed by atoms with van der Waals surface area (Å²) in [5.41, 5.74) is 13.6. The van der Waals surface area contributed by atoms with Crippen molar-refractivity contribution >= 4 is 109 Å². The lowest BCUT2D eigenvalue weighted by Crippen LogP contribution is -2.10. The maximum Gasteiger partial charge on any atom is 0.135 e. The van der Waals surface area contributed by atoms with Gasteiger partial charge in [-0.05, 0) is 169 Å². The monoisotopic (exact) mass is 846 g/mol. The van der Waals surface area contributed by atoms with E-state index in [2.05, 4.69) is 211 Å². The number of rotatable bonds is 3. The molecule has 0 atom stereocenters. The Hall–Kier alpha value is -7.68. The van der Waals surface area contributed by atoms with Crippen molar-refractivity contribution in [3.63, 3.8) is 0 Å². The van der Waals surface area contributed by atoms with Crippen molar-refractivity contribution in [1.82, 2.24) is 0 Å². The largest absolute Gasteiger partial charge is 0.456 e. The normalized spacial score (nSPS) is 13.0. The van der Waals surface area contributed by atoms with Crippen LogP contribution in [0.2, 0.25) is 0 Å². The zero-order valence-electron chi connectivity index (χ0n) is 38.0. The van der Waals surface area contributed by atoms with Crippen LogP contribution in [0.5, 0.6) is 0 Å².